The van der Waals surface area contributed by atoms with Crippen molar-refractivity contribution in [1.29, 1.82) is 0 Å². The van der Waals surface area contributed by atoms with Gasteiger partial charge in [-0.15, -0.1) is 0 Å². The van der Waals surface area contributed by atoms with Crippen LogP contribution in [0.3, 0.4) is 0 Å². The van der Waals surface area contributed by atoms with Gasteiger partial charge < -0.3 is 9.47 Å². The zero-order chi connectivity index (χ0) is 14.4. The molecule has 0 aromatic carbocycles. The third kappa shape index (κ3) is 4.42. The van der Waals surface area contributed by atoms with Crippen molar-refractivity contribution in [3.8, 4) is 0 Å². The lowest BCUT2D eigenvalue weighted by Gasteiger charge is -2.49. The van der Waals surface area contributed by atoms with Crippen LogP contribution in [-0.2, 0) is 9.47 Å². The smallest absolute Gasteiger partial charge is 0.0700 e. The Hall–Kier alpha value is -0.160. The fourth-order valence-electron chi connectivity index (χ4n) is 3.58. The minimum atomic E-state index is 0.690. The number of rotatable bonds is 7. The largest absolute Gasteiger partial charge is 0.382 e. The van der Waals surface area contributed by atoms with Gasteiger partial charge in [0.05, 0.1) is 19.8 Å². The molecular formula is C16H32N2O2. The number of ether oxygens (including phenoxy) is 2. The zero-order valence-corrected chi connectivity index (χ0v) is 13.5. The van der Waals surface area contributed by atoms with Gasteiger partial charge in [0.25, 0.3) is 0 Å². The highest BCUT2D eigenvalue weighted by Gasteiger charge is 2.35. The maximum absolute atomic E-state index is 5.66. The molecule has 118 valence electrons. The molecule has 0 amide bonds. The minimum absolute atomic E-state index is 0.690. The molecule has 0 spiro atoms. The third-order valence-electron chi connectivity index (χ3n) is 4.81. The van der Waals surface area contributed by atoms with Gasteiger partial charge in [0.1, 0.15) is 0 Å². The molecule has 2 saturated heterocycles. The maximum atomic E-state index is 5.66. The summed E-state index contributed by atoms with van der Waals surface area (Å²) in [6.45, 7) is 11.8. The van der Waals surface area contributed by atoms with E-state index in [-0.39, 0.29) is 0 Å². The highest BCUT2D eigenvalue weighted by atomic mass is 16.5. The van der Waals surface area contributed by atoms with Crippen molar-refractivity contribution in [1.82, 2.24) is 9.80 Å². The molecule has 0 aliphatic carbocycles. The topological polar surface area (TPSA) is 24.9 Å². The molecule has 2 fully saturated rings. The van der Waals surface area contributed by atoms with E-state index in [9.17, 15) is 0 Å². The molecule has 2 rings (SSSR count). The summed E-state index contributed by atoms with van der Waals surface area (Å²) in [4.78, 5) is 5.40. The van der Waals surface area contributed by atoms with Crippen LogP contribution in [0.1, 0.15) is 33.1 Å². The second kappa shape index (κ2) is 8.32. The average molecular weight is 284 g/mol. The van der Waals surface area contributed by atoms with Gasteiger partial charge in [-0.3, -0.25) is 9.80 Å². The highest BCUT2D eigenvalue weighted by molar-refractivity contribution is 4.91. The van der Waals surface area contributed by atoms with Gasteiger partial charge in [-0.2, -0.15) is 0 Å². The van der Waals surface area contributed by atoms with Gasteiger partial charge in [0.15, 0.2) is 0 Å². The Balaban J connectivity index is 1.81. The molecule has 4 heteroatoms. The zero-order valence-electron chi connectivity index (χ0n) is 13.5. The molecule has 2 unspecified atom stereocenters. The molecule has 0 radical (unpaired) electrons. The first-order valence-corrected chi connectivity index (χ1v) is 8.27. The fraction of sp³-hybridized carbons (Fsp3) is 1.00. The van der Waals surface area contributed by atoms with Crippen molar-refractivity contribution in [2.75, 3.05) is 53.1 Å². The second-order valence-corrected chi connectivity index (χ2v) is 6.56. The lowest BCUT2D eigenvalue weighted by molar-refractivity contribution is -0.0242. The van der Waals surface area contributed by atoms with Gasteiger partial charge in [-0.05, 0) is 25.3 Å². The van der Waals surface area contributed by atoms with Crippen LogP contribution in [-0.4, -0.2) is 75.0 Å². The van der Waals surface area contributed by atoms with E-state index in [1.54, 1.807) is 7.11 Å². The molecule has 20 heavy (non-hydrogen) atoms. The first-order valence-electron chi connectivity index (χ1n) is 8.27. The van der Waals surface area contributed by atoms with Gasteiger partial charge in [0, 0.05) is 38.8 Å². The Kier molecular flexibility index (Phi) is 6.75. The number of methoxy groups -OCH3 is 1. The molecule has 0 bridgehead atoms. The second-order valence-electron chi connectivity index (χ2n) is 6.56. The fourth-order valence-corrected chi connectivity index (χ4v) is 3.58. The van der Waals surface area contributed by atoms with Crippen LogP contribution < -0.4 is 0 Å². The predicted octanol–water partition coefficient (Wildman–Crippen LogP) is 1.84. The van der Waals surface area contributed by atoms with Crippen LogP contribution in [0.25, 0.3) is 0 Å². The van der Waals surface area contributed by atoms with E-state index in [4.69, 9.17) is 9.47 Å². The van der Waals surface area contributed by atoms with Crippen LogP contribution in [0.15, 0.2) is 0 Å². The summed E-state index contributed by atoms with van der Waals surface area (Å²) in [5.74, 6) is 0.719. The summed E-state index contributed by atoms with van der Waals surface area (Å²) in [5, 5.41) is 0. The van der Waals surface area contributed by atoms with E-state index >= 15 is 0 Å². The van der Waals surface area contributed by atoms with Crippen molar-refractivity contribution < 1.29 is 9.47 Å². The van der Waals surface area contributed by atoms with Gasteiger partial charge >= 0.3 is 0 Å². The van der Waals surface area contributed by atoms with Crippen molar-refractivity contribution >= 4 is 0 Å². The molecule has 0 N–H and O–H groups in total. The number of piperidine rings is 1. The molecule has 0 aromatic rings. The molecule has 4 nitrogen and oxygen atoms in total. The summed E-state index contributed by atoms with van der Waals surface area (Å²) in [7, 11) is 1.72. The molecule has 2 heterocycles. The van der Waals surface area contributed by atoms with E-state index in [0.29, 0.717) is 19.3 Å². The van der Waals surface area contributed by atoms with Crippen molar-refractivity contribution in [3.05, 3.63) is 0 Å². The van der Waals surface area contributed by atoms with Crippen molar-refractivity contribution in [2.45, 2.75) is 45.2 Å². The van der Waals surface area contributed by atoms with E-state index in [0.717, 1.165) is 25.1 Å². The SMILES string of the molecule is COCCOCCN1CC2CCCCN2CC1C(C)C. The van der Waals surface area contributed by atoms with E-state index < -0.39 is 0 Å². The number of fused-ring (bicyclic) bond motifs is 1. The van der Waals surface area contributed by atoms with Crippen LogP contribution in [0.2, 0.25) is 0 Å². The van der Waals surface area contributed by atoms with E-state index in [1.165, 1.54) is 38.9 Å². The van der Waals surface area contributed by atoms with Crippen LogP contribution in [0.5, 0.6) is 0 Å². The van der Waals surface area contributed by atoms with E-state index in [1.807, 2.05) is 0 Å². The quantitative estimate of drug-likeness (QED) is 0.666. The lowest BCUT2D eigenvalue weighted by atomic mass is 9.92. The number of nitrogens with zero attached hydrogens (tertiary/aromatic N) is 2. The van der Waals surface area contributed by atoms with Crippen LogP contribution in [0.4, 0.5) is 0 Å². The highest BCUT2D eigenvalue weighted by Crippen LogP contribution is 2.26. The minimum Gasteiger partial charge on any atom is -0.382 e. The molecule has 0 aromatic heterocycles. The summed E-state index contributed by atoms with van der Waals surface area (Å²) in [6.07, 6.45) is 4.18. The summed E-state index contributed by atoms with van der Waals surface area (Å²) in [6, 6.07) is 1.48. The first-order chi connectivity index (χ1) is 9.72. The molecule has 2 aliphatic rings. The Labute approximate surface area is 124 Å². The van der Waals surface area contributed by atoms with Crippen LogP contribution in [0, 0.1) is 5.92 Å². The average Bonchev–Trinajstić information content (AvgIpc) is 2.46. The summed E-state index contributed by atoms with van der Waals surface area (Å²) in [5.41, 5.74) is 0. The Morgan fingerprint density at radius 1 is 1.10 bits per heavy atom. The summed E-state index contributed by atoms with van der Waals surface area (Å²) >= 11 is 0. The first kappa shape index (κ1) is 16.2. The third-order valence-corrected chi connectivity index (χ3v) is 4.81. The normalized spacial score (nSPS) is 28.8. The van der Waals surface area contributed by atoms with Crippen molar-refractivity contribution in [2.24, 2.45) is 5.92 Å². The van der Waals surface area contributed by atoms with Crippen LogP contribution >= 0.6 is 0 Å². The monoisotopic (exact) mass is 284 g/mol. The number of hydrogen-bond donors (Lipinski definition) is 0. The molecule has 2 aliphatic heterocycles. The standard InChI is InChI=1S/C16H32N2O2/c1-14(2)16-13-17-7-5-4-6-15(17)12-18(16)8-9-20-11-10-19-3/h14-16H,4-13H2,1-3H3. The maximum Gasteiger partial charge on any atom is 0.0700 e. The Morgan fingerprint density at radius 3 is 2.70 bits per heavy atom. The molecule has 2 atom stereocenters. The van der Waals surface area contributed by atoms with Gasteiger partial charge in [0.2, 0.25) is 0 Å². The van der Waals surface area contributed by atoms with Crippen molar-refractivity contribution in [3.63, 3.8) is 0 Å². The number of piperazine rings is 1. The Bertz CT molecular complexity index is 273. The Morgan fingerprint density at radius 2 is 1.95 bits per heavy atom. The molecular weight excluding hydrogens is 252 g/mol. The predicted molar refractivity (Wildman–Crippen MR) is 82.1 cm³/mol. The van der Waals surface area contributed by atoms with Gasteiger partial charge in [-0.1, -0.05) is 20.3 Å². The van der Waals surface area contributed by atoms with E-state index in [2.05, 4.69) is 23.6 Å². The molecule has 0 saturated carbocycles. The van der Waals surface area contributed by atoms with Gasteiger partial charge in [-0.25, -0.2) is 0 Å². The number of hydrogen-bond acceptors (Lipinski definition) is 4. The lowest BCUT2D eigenvalue weighted by Crippen LogP contribution is -2.61. The summed E-state index contributed by atoms with van der Waals surface area (Å²) < 4.78 is 10.7.